The third-order valence-corrected chi connectivity index (χ3v) is 5.22. The first-order valence-electron chi connectivity index (χ1n) is 8.71. The van der Waals surface area contributed by atoms with Gasteiger partial charge < -0.3 is 19.2 Å². The molecule has 3 aromatic rings. The predicted octanol–water partition coefficient (Wildman–Crippen LogP) is 3.29. The summed E-state index contributed by atoms with van der Waals surface area (Å²) in [5.41, 5.74) is 0.954. The first kappa shape index (κ1) is 18.9. The van der Waals surface area contributed by atoms with Gasteiger partial charge >= 0.3 is 6.03 Å². The molecule has 1 aliphatic rings. The van der Waals surface area contributed by atoms with Crippen LogP contribution in [0.4, 0.5) is 4.79 Å². The molecule has 1 aromatic carbocycles. The van der Waals surface area contributed by atoms with Crippen LogP contribution in [0.15, 0.2) is 69.1 Å². The quantitative estimate of drug-likeness (QED) is 0.575. The molecule has 0 bridgehead atoms. The van der Waals surface area contributed by atoms with Crippen LogP contribution in [0.2, 0.25) is 0 Å². The molecule has 148 valence electrons. The number of rotatable bonds is 7. The maximum absolute atomic E-state index is 11.9. The number of furan rings is 1. The number of benzene rings is 1. The third kappa shape index (κ3) is 4.35. The number of methoxy groups -OCH3 is 1. The Bertz CT molecular complexity index is 1030. The van der Waals surface area contributed by atoms with Crippen LogP contribution in [0.25, 0.3) is 0 Å². The van der Waals surface area contributed by atoms with Crippen LogP contribution in [0.1, 0.15) is 17.4 Å². The molecule has 29 heavy (non-hydrogen) atoms. The zero-order valence-corrected chi connectivity index (χ0v) is 16.2. The van der Waals surface area contributed by atoms with Crippen LogP contribution in [0, 0.1) is 0 Å². The van der Waals surface area contributed by atoms with Crippen molar-refractivity contribution >= 4 is 23.7 Å². The van der Waals surface area contributed by atoms with E-state index in [4.69, 9.17) is 13.9 Å². The smallest absolute Gasteiger partial charge is 0.322 e. The Kier molecular flexibility index (Phi) is 5.39. The minimum atomic E-state index is -0.819. The van der Waals surface area contributed by atoms with Gasteiger partial charge in [0.05, 0.1) is 18.3 Å². The fourth-order valence-corrected chi connectivity index (χ4v) is 3.67. The molecule has 0 spiro atoms. The Morgan fingerprint density at radius 2 is 2.00 bits per heavy atom. The lowest BCUT2D eigenvalue weighted by Crippen LogP contribution is -2.22. The van der Waals surface area contributed by atoms with Gasteiger partial charge in [-0.3, -0.25) is 10.1 Å². The van der Waals surface area contributed by atoms with Crippen molar-refractivity contribution in [3.8, 4) is 11.6 Å². The molecule has 0 radical (unpaired) electrons. The van der Waals surface area contributed by atoms with E-state index < -0.39 is 18.0 Å². The summed E-state index contributed by atoms with van der Waals surface area (Å²) in [5.74, 6) is 1.24. The summed E-state index contributed by atoms with van der Waals surface area (Å²) in [6, 6.07) is 11.7. The number of carbonyl (C=O) groups excluding carboxylic acids is 2. The maximum Gasteiger partial charge on any atom is 0.322 e. The third-order valence-electron chi connectivity index (χ3n) is 4.16. The van der Waals surface area contributed by atoms with Crippen LogP contribution in [0.5, 0.6) is 11.6 Å². The van der Waals surface area contributed by atoms with E-state index in [1.54, 1.807) is 19.4 Å². The van der Waals surface area contributed by atoms with Gasteiger partial charge in [-0.2, -0.15) is 0 Å². The van der Waals surface area contributed by atoms with Gasteiger partial charge in [0.15, 0.2) is 6.04 Å². The molecule has 4 rings (SSSR count). The number of amides is 3. The zero-order chi connectivity index (χ0) is 20.2. The highest BCUT2D eigenvalue weighted by Gasteiger charge is 2.35. The first-order chi connectivity index (χ1) is 14.1. The topological polar surface area (TPSA) is 103 Å². The molecule has 1 fully saturated rings. The van der Waals surface area contributed by atoms with E-state index in [-0.39, 0.29) is 0 Å². The molecular weight excluding hydrogens is 394 g/mol. The average molecular weight is 411 g/mol. The average Bonchev–Trinajstić information content (AvgIpc) is 3.32. The molecule has 1 atom stereocenters. The summed E-state index contributed by atoms with van der Waals surface area (Å²) >= 11 is 1.43. The van der Waals surface area contributed by atoms with Crippen LogP contribution < -0.4 is 20.1 Å². The van der Waals surface area contributed by atoms with E-state index >= 15 is 0 Å². The van der Waals surface area contributed by atoms with Crippen LogP contribution >= 0.6 is 11.8 Å². The van der Waals surface area contributed by atoms with Crippen molar-refractivity contribution in [1.82, 2.24) is 15.6 Å². The molecule has 9 heteroatoms. The number of urea groups is 1. The summed E-state index contributed by atoms with van der Waals surface area (Å²) < 4.78 is 16.3. The second-order valence-electron chi connectivity index (χ2n) is 6.11. The highest BCUT2D eigenvalue weighted by molar-refractivity contribution is 7.99. The van der Waals surface area contributed by atoms with Gasteiger partial charge in [0.25, 0.3) is 5.91 Å². The molecular formula is C20H17N3O5S. The molecule has 2 N–H and O–H groups in total. The lowest BCUT2D eigenvalue weighted by Gasteiger charge is -2.09. The van der Waals surface area contributed by atoms with Crippen molar-refractivity contribution in [3.63, 3.8) is 0 Å². The molecule has 0 saturated carbocycles. The summed E-state index contributed by atoms with van der Waals surface area (Å²) in [4.78, 5) is 29.0. The number of ether oxygens (including phenoxy) is 2. The molecule has 3 amide bonds. The Morgan fingerprint density at radius 1 is 1.17 bits per heavy atom. The fraction of sp³-hybridized carbons (Fsp3) is 0.150. The largest absolute Gasteiger partial charge is 0.489 e. The summed E-state index contributed by atoms with van der Waals surface area (Å²) in [6.07, 6.45) is 3.17. The number of hydrogen-bond acceptors (Lipinski definition) is 7. The van der Waals surface area contributed by atoms with E-state index in [0.29, 0.717) is 18.2 Å². The van der Waals surface area contributed by atoms with Gasteiger partial charge in [-0.25, -0.2) is 9.78 Å². The van der Waals surface area contributed by atoms with Gasteiger partial charge in [0.1, 0.15) is 18.1 Å². The Balaban J connectivity index is 1.40. The summed E-state index contributed by atoms with van der Waals surface area (Å²) in [6.45, 7) is 0.397. The predicted molar refractivity (Wildman–Crippen MR) is 104 cm³/mol. The van der Waals surface area contributed by atoms with E-state index in [2.05, 4.69) is 15.6 Å². The van der Waals surface area contributed by atoms with E-state index in [1.807, 2.05) is 36.4 Å². The molecule has 1 saturated heterocycles. The lowest BCUT2D eigenvalue weighted by molar-refractivity contribution is -0.120. The first-order valence-corrected chi connectivity index (χ1v) is 9.52. The SMILES string of the molecule is COc1cc(COc2ccc(Sc3ccoc3C3NC(=O)NC3=O)cc2)ccn1. The Morgan fingerprint density at radius 3 is 2.72 bits per heavy atom. The summed E-state index contributed by atoms with van der Waals surface area (Å²) in [5, 5.41) is 4.74. The van der Waals surface area contributed by atoms with Gasteiger partial charge in [0.2, 0.25) is 5.88 Å². The molecule has 1 aliphatic heterocycles. The van der Waals surface area contributed by atoms with Crippen molar-refractivity contribution < 1.29 is 23.5 Å². The van der Waals surface area contributed by atoms with Gasteiger partial charge in [-0.1, -0.05) is 11.8 Å². The monoisotopic (exact) mass is 411 g/mol. The van der Waals surface area contributed by atoms with Crippen molar-refractivity contribution in [2.45, 2.75) is 22.4 Å². The van der Waals surface area contributed by atoms with Crippen LogP contribution in [-0.2, 0) is 11.4 Å². The molecule has 2 aromatic heterocycles. The Hall–Kier alpha value is -3.46. The standard InChI is InChI=1S/C20H17N3O5S/c1-26-16-10-12(6-8-21-16)11-28-13-2-4-14(5-3-13)29-15-7-9-27-18(15)17-19(24)23-20(25)22-17/h2-10,17H,11H2,1H3,(H2,22,23,24,25). The number of hydrogen-bond donors (Lipinski definition) is 2. The lowest BCUT2D eigenvalue weighted by atomic mass is 10.2. The Labute approximate surface area is 170 Å². The second-order valence-corrected chi connectivity index (χ2v) is 7.23. The van der Waals surface area contributed by atoms with Gasteiger partial charge in [-0.15, -0.1) is 0 Å². The van der Waals surface area contributed by atoms with E-state index in [0.717, 1.165) is 21.1 Å². The maximum atomic E-state index is 11.9. The van der Waals surface area contributed by atoms with Crippen molar-refractivity contribution in [2.75, 3.05) is 7.11 Å². The van der Waals surface area contributed by atoms with Gasteiger partial charge in [0, 0.05) is 17.2 Å². The highest BCUT2D eigenvalue weighted by Crippen LogP contribution is 2.35. The van der Waals surface area contributed by atoms with Crippen molar-refractivity contribution in [3.05, 3.63) is 66.2 Å². The number of pyridine rings is 1. The van der Waals surface area contributed by atoms with Crippen LogP contribution in [0.3, 0.4) is 0 Å². The highest BCUT2D eigenvalue weighted by atomic mass is 32.2. The number of aromatic nitrogens is 1. The fourth-order valence-electron chi connectivity index (χ4n) is 2.75. The molecule has 0 aliphatic carbocycles. The van der Waals surface area contributed by atoms with Crippen molar-refractivity contribution in [2.24, 2.45) is 0 Å². The number of nitrogens with zero attached hydrogens (tertiary/aromatic N) is 1. The normalized spacial score (nSPS) is 15.7. The summed E-state index contributed by atoms with van der Waals surface area (Å²) in [7, 11) is 1.57. The van der Waals surface area contributed by atoms with Crippen molar-refractivity contribution in [1.29, 1.82) is 0 Å². The van der Waals surface area contributed by atoms with Gasteiger partial charge in [-0.05, 0) is 42.0 Å². The molecule has 3 heterocycles. The number of nitrogens with one attached hydrogen (secondary N) is 2. The minimum absolute atomic E-state index is 0.397. The van der Waals surface area contributed by atoms with E-state index in [9.17, 15) is 9.59 Å². The number of imide groups is 1. The molecule has 1 unspecified atom stereocenters. The zero-order valence-electron chi connectivity index (χ0n) is 15.4. The van der Waals surface area contributed by atoms with Crippen LogP contribution in [-0.4, -0.2) is 24.0 Å². The second kappa shape index (κ2) is 8.27. The number of carbonyl (C=O) groups is 2. The molecule has 8 nitrogen and oxygen atoms in total. The minimum Gasteiger partial charge on any atom is -0.489 e. The van der Waals surface area contributed by atoms with E-state index in [1.165, 1.54) is 18.0 Å².